The number of carbonyl (C=O) groups excluding carboxylic acids is 4. The van der Waals surface area contributed by atoms with Crippen LogP contribution >= 0.6 is 11.6 Å². The van der Waals surface area contributed by atoms with Crippen molar-refractivity contribution in [1.29, 1.82) is 0 Å². The van der Waals surface area contributed by atoms with Crippen molar-refractivity contribution in [2.45, 2.75) is 65.7 Å². The Kier molecular flexibility index (Phi) is 12.9. The van der Waals surface area contributed by atoms with E-state index in [4.69, 9.17) is 30.5 Å². The number of nitrogens with one attached hydrogen (secondary N) is 1. The van der Waals surface area contributed by atoms with E-state index in [9.17, 15) is 19.2 Å². The lowest BCUT2D eigenvalue weighted by atomic mass is 10.1. The average Bonchev–Trinajstić information content (AvgIpc) is 3.06. The SMILES string of the molecule is CCOC(=O)CN(COC(=O)c1cccc(NCc2ccc(OC3CCN(C(=O)OC(C)(C)C)CC3)cc2)c1C)C(=O)c1ccc(Cl)cc1. The molecule has 1 N–H and O–H groups in total. The summed E-state index contributed by atoms with van der Waals surface area (Å²) < 4.78 is 22.2. The fourth-order valence-electron chi connectivity index (χ4n) is 5.13. The van der Waals surface area contributed by atoms with Gasteiger partial charge in [-0.2, -0.15) is 0 Å². The van der Waals surface area contributed by atoms with Crippen LogP contribution in [0.2, 0.25) is 5.02 Å². The van der Waals surface area contributed by atoms with E-state index in [1.54, 1.807) is 43.0 Å². The minimum Gasteiger partial charge on any atom is -0.490 e. The summed E-state index contributed by atoms with van der Waals surface area (Å²) in [6.45, 7) is 10.0. The van der Waals surface area contributed by atoms with E-state index in [1.807, 2.05) is 51.1 Å². The van der Waals surface area contributed by atoms with Crippen LogP contribution < -0.4 is 10.1 Å². The van der Waals surface area contributed by atoms with Gasteiger partial charge in [0.25, 0.3) is 5.91 Å². The summed E-state index contributed by atoms with van der Waals surface area (Å²) >= 11 is 5.95. The second-order valence-corrected chi connectivity index (χ2v) is 13.1. The number of piperidine rings is 1. The van der Waals surface area contributed by atoms with Crippen LogP contribution in [0.3, 0.4) is 0 Å². The molecule has 0 radical (unpaired) electrons. The first kappa shape index (κ1) is 37.1. The van der Waals surface area contributed by atoms with Gasteiger partial charge in [0.1, 0.15) is 24.0 Å². The molecule has 1 aliphatic heterocycles. The molecule has 0 saturated carbocycles. The summed E-state index contributed by atoms with van der Waals surface area (Å²) in [4.78, 5) is 53.7. The summed E-state index contributed by atoms with van der Waals surface area (Å²) in [7, 11) is 0. The lowest BCUT2D eigenvalue weighted by molar-refractivity contribution is -0.144. The van der Waals surface area contributed by atoms with Gasteiger partial charge in [0.15, 0.2) is 6.73 Å². The number of esters is 2. The van der Waals surface area contributed by atoms with Crippen LogP contribution in [-0.2, 0) is 25.5 Å². The molecule has 3 aromatic carbocycles. The Balaban J connectivity index is 1.30. The van der Waals surface area contributed by atoms with Crippen molar-refractivity contribution in [2.24, 2.45) is 0 Å². The van der Waals surface area contributed by atoms with Crippen LogP contribution in [0.1, 0.15) is 72.4 Å². The highest BCUT2D eigenvalue weighted by molar-refractivity contribution is 6.30. The largest absolute Gasteiger partial charge is 0.490 e. The molecule has 0 aromatic heterocycles. The third-order valence-electron chi connectivity index (χ3n) is 7.71. The van der Waals surface area contributed by atoms with Gasteiger partial charge in [0, 0.05) is 48.7 Å². The minimum absolute atomic E-state index is 0.0144. The minimum atomic E-state index is -0.641. The van der Waals surface area contributed by atoms with Crippen molar-refractivity contribution in [3.05, 3.63) is 94.0 Å². The van der Waals surface area contributed by atoms with Gasteiger partial charge < -0.3 is 29.2 Å². The second-order valence-electron chi connectivity index (χ2n) is 12.6. The first-order chi connectivity index (χ1) is 23.3. The van der Waals surface area contributed by atoms with Crippen LogP contribution in [0.4, 0.5) is 10.5 Å². The number of benzene rings is 3. The molecular formula is C37H44ClN3O8. The molecule has 0 atom stereocenters. The van der Waals surface area contributed by atoms with Crippen molar-refractivity contribution in [3.8, 4) is 5.75 Å². The first-order valence-corrected chi connectivity index (χ1v) is 16.7. The molecule has 262 valence electrons. The number of hydrogen-bond donors (Lipinski definition) is 1. The number of likely N-dealkylation sites (tertiary alicyclic amines) is 1. The zero-order chi connectivity index (χ0) is 35.6. The molecule has 0 bridgehead atoms. The molecule has 1 heterocycles. The van der Waals surface area contributed by atoms with E-state index in [0.29, 0.717) is 35.8 Å². The number of amides is 2. The highest BCUT2D eigenvalue weighted by atomic mass is 35.5. The van der Waals surface area contributed by atoms with Gasteiger partial charge in [-0.15, -0.1) is 0 Å². The number of carbonyl (C=O) groups is 4. The van der Waals surface area contributed by atoms with Gasteiger partial charge in [0.05, 0.1) is 12.2 Å². The molecule has 1 saturated heterocycles. The predicted octanol–water partition coefficient (Wildman–Crippen LogP) is 6.86. The lowest BCUT2D eigenvalue weighted by Crippen LogP contribution is -2.44. The third kappa shape index (κ3) is 11.1. The molecule has 11 nitrogen and oxygen atoms in total. The average molecular weight is 694 g/mol. The van der Waals surface area contributed by atoms with Crippen molar-refractivity contribution in [1.82, 2.24) is 9.80 Å². The highest BCUT2D eigenvalue weighted by Crippen LogP contribution is 2.24. The number of anilines is 1. The topological polar surface area (TPSA) is 124 Å². The van der Waals surface area contributed by atoms with Crippen LogP contribution in [0.5, 0.6) is 5.75 Å². The molecule has 4 rings (SSSR count). The van der Waals surface area contributed by atoms with E-state index in [2.05, 4.69) is 5.32 Å². The van der Waals surface area contributed by atoms with Gasteiger partial charge in [0.2, 0.25) is 0 Å². The fourth-order valence-corrected chi connectivity index (χ4v) is 5.26. The molecule has 0 spiro atoms. The smallest absolute Gasteiger partial charge is 0.410 e. The molecule has 0 aliphatic carbocycles. The maximum absolute atomic E-state index is 13.2. The number of hydrogen-bond acceptors (Lipinski definition) is 9. The highest BCUT2D eigenvalue weighted by Gasteiger charge is 2.28. The van der Waals surface area contributed by atoms with E-state index >= 15 is 0 Å². The normalized spacial score (nSPS) is 13.3. The summed E-state index contributed by atoms with van der Waals surface area (Å²) in [5.41, 5.74) is 2.51. The van der Waals surface area contributed by atoms with Crippen molar-refractivity contribution in [2.75, 3.05) is 38.3 Å². The zero-order valence-electron chi connectivity index (χ0n) is 28.6. The maximum Gasteiger partial charge on any atom is 0.410 e. The first-order valence-electron chi connectivity index (χ1n) is 16.3. The Labute approximate surface area is 292 Å². The van der Waals surface area contributed by atoms with Crippen molar-refractivity contribution < 1.29 is 38.1 Å². The quantitative estimate of drug-likeness (QED) is 0.123. The fraction of sp³-hybridized carbons (Fsp3) is 0.405. The van der Waals surface area contributed by atoms with Gasteiger partial charge in [-0.25, -0.2) is 9.59 Å². The molecule has 3 aromatic rings. The van der Waals surface area contributed by atoms with Crippen LogP contribution in [0.15, 0.2) is 66.7 Å². The Morgan fingerprint density at radius 3 is 2.24 bits per heavy atom. The Hall–Kier alpha value is -4.77. The maximum atomic E-state index is 13.2. The summed E-state index contributed by atoms with van der Waals surface area (Å²) in [6, 6.07) is 19.2. The Morgan fingerprint density at radius 1 is 0.939 bits per heavy atom. The second kappa shape index (κ2) is 17.1. The molecule has 2 amide bonds. The number of nitrogens with zero attached hydrogens (tertiary/aromatic N) is 2. The Morgan fingerprint density at radius 2 is 1.61 bits per heavy atom. The van der Waals surface area contributed by atoms with E-state index < -0.39 is 30.2 Å². The molecule has 12 heteroatoms. The standard InChI is InChI=1S/C37H44ClN3O8/c1-6-46-33(42)23-41(34(43)27-12-14-28(38)15-13-27)24-47-35(44)31-8-7-9-32(25(31)2)39-22-26-10-16-29(17-11-26)48-30-18-20-40(21-19-30)36(45)49-37(3,4)5/h7-17,30,39H,6,18-24H2,1-5H3. The molecule has 49 heavy (non-hydrogen) atoms. The van der Waals surface area contributed by atoms with Crippen LogP contribution in [-0.4, -0.2) is 78.4 Å². The molecular weight excluding hydrogens is 650 g/mol. The third-order valence-corrected chi connectivity index (χ3v) is 7.96. The number of rotatable bonds is 12. The van der Waals surface area contributed by atoms with Gasteiger partial charge in [-0.1, -0.05) is 29.8 Å². The Bertz CT molecular complexity index is 1600. The molecule has 1 aliphatic rings. The van der Waals surface area contributed by atoms with Crippen LogP contribution in [0, 0.1) is 6.92 Å². The van der Waals surface area contributed by atoms with E-state index in [1.165, 1.54) is 12.1 Å². The van der Waals surface area contributed by atoms with Crippen molar-refractivity contribution >= 4 is 41.2 Å². The van der Waals surface area contributed by atoms with Crippen LogP contribution in [0.25, 0.3) is 0 Å². The monoisotopic (exact) mass is 693 g/mol. The summed E-state index contributed by atoms with van der Waals surface area (Å²) in [5, 5.41) is 3.83. The number of halogens is 1. The summed E-state index contributed by atoms with van der Waals surface area (Å²) in [5.74, 6) is -1.02. The molecule has 1 fully saturated rings. The van der Waals surface area contributed by atoms with Gasteiger partial charge in [-0.3, -0.25) is 14.5 Å². The van der Waals surface area contributed by atoms with Crippen molar-refractivity contribution in [3.63, 3.8) is 0 Å². The van der Waals surface area contributed by atoms with E-state index in [0.717, 1.165) is 34.7 Å². The summed E-state index contributed by atoms with van der Waals surface area (Å²) in [6.07, 6.45) is 1.17. The molecule has 0 unspecified atom stereocenters. The lowest BCUT2D eigenvalue weighted by Gasteiger charge is -2.33. The van der Waals surface area contributed by atoms with Gasteiger partial charge >= 0.3 is 18.0 Å². The van der Waals surface area contributed by atoms with Gasteiger partial charge in [-0.05, 0) is 94.3 Å². The van der Waals surface area contributed by atoms with E-state index in [-0.39, 0.29) is 30.9 Å². The number of ether oxygens (including phenoxy) is 4. The zero-order valence-corrected chi connectivity index (χ0v) is 29.4. The predicted molar refractivity (Wildman–Crippen MR) is 186 cm³/mol.